The summed E-state index contributed by atoms with van der Waals surface area (Å²) in [6, 6.07) is 11.2. The largest absolute Gasteiger partial charge is 0.502 e. The molecule has 0 aliphatic carbocycles. The van der Waals surface area contributed by atoms with Crippen LogP contribution in [-0.2, 0) is 0 Å². The Morgan fingerprint density at radius 2 is 1.88 bits per heavy atom. The molecule has 3 heterocycles. The molecule has 1 aromatic carbocycles. The van der Waals surface area contributed by atoms with Crippen molar-refractivity contribution in [3.8, 4) is 5.75 Å². The topological polar surface area (TPSA) is 65.8 Å². The molecule has 1 N–H and O–H groups in total. The number of fused-ring (bicyclic) bond motifs is 4. The van der Waals surface area contributed by atoms with Crippen LogP contribution in [-0.4, -0.2) is 33.3 Å². The van der Waals surface area contributed by atoms with Gasteiger partial charge < -0.3 is 10.0 Å². The fraction of sp³-hybridized carbons (Fsp3) is 0.263. The van der Waals surface area contributed by atoms with E-state index in [4.69, 9.17) is 0 Å². The first-order valence-electron chi connectivity index (χ1n) is 8.32. The van der Waals surface area contributed by atoms with E-state index in [2.05, 4.69) is 6.08 Å². The number of hydrogen-bond acceptors (Lipinski definition) is 4. The SMILES string of the molecule is CC1/C=C\CC(c2ccccc2)N2CN1C(=O)c1c(O)c(=O)ccn12. The van der Waals surface area contributed by atoms with E-state index in [1.165, 1.54) is 6.07 Å². The zero-order valence-electron chi connectivity index (χ0n) is 13.9. The minimum absolute atomic E-state index is 0.0128. The first-order chi connectivity index (χ1) is 12.1. The van der Waals surface area contributed by atoms with Crippen LogP contribution < -0.4 is 10.4 Å². The standard InChI is InChI=1S/C19H19N3O3/c1-13-6-5-9-15(14-7-3-2-4-8-14)22-12-20(13)19(25)17-18(24)16(23)10-11-21(17)22/h2-8,10-11,13,15,24H,9,12H2,1H3/b6-5-. The maximum Gasteiger partial charge on any atom is 0.278 e. The van der Waals surface area contributed by atoms with Gasteiger partial charge in [-0.1, -0.05) is 42.5 Å². The van der Waals surface area contributed by atoms with Gasteiger partial charge in [0.1, 0.15) is 6.67 Å². The molecule has 4 rings (SSSR count). The van der Waals surface area contributed by atoms with E-state index in [-0.39, 0.29) is 23.7 Å². The Hall–Kier alpha value is -3.02. The lowest BCUT2D eigenvalue weighted by Gasteiger charge is -2.46. The van der Waals surface area contributed by atoms with Crippen LogP contribution in [0.25, 0.3) is 0 Å². The minimum atomic E-state index is -0.544. The van der Waals surface area contributed by atoms with Gasteiger partial charge in [0, 0.05) is 18.3 Å². The zero-order chi connectivity index (χ0) is 17.6. The summed E-state index contributed by atoms with van der Waals surface area (Å²) >= 11 is 0. The van der Waals surface area contributed by atoms with Gasteiger partial charge in [-0.2, -0.15) is 0 Å². The van der Waals surface area contributed by atoms with Gasteiger partial charge >= 0.3 is 0 Å². The number of benzene rings is 1. The number of amides is 1. The molecule has 2 aliphatic heterocycles. The molecule has 0 radical (unpaired) electrons. The predicted molar refractivity (Wildman–Crippen MR) is 94.0 cm³/mol. The van der Waals surface area contributed by atoms with Gasteiger partial charge in [0.2, 0.25) is 5.43 Å². The van der Waals surface area contributed by atoms with Crippen molar-refractivity contribution in [3.05, 3.63) is 76.2 Å². The Morgan fingerprint density at radius 1 is 1.12 bits per heavy atom. The van der Waals surface area contributed by atoms with Crippen molar-refractivity contribution in [1.29, 1.82) is 0 Å². The molecule has 2 aromatic rings. The third-order valence-corrected chi connectivity index (χ3v) is 4.90. The molecule has 0 spiro atoms. The van der Waals surface area contributed by atoms with Gasteiger partial charge in [0.25, 0.3) is 5.91 Å². The number of aromatic hydroxyl groups is 1. The summed E-state index contributed by atoms with van der Waals surface area (Å²) in [6.07, 6.45) is 6.42. The molecule has 1 aromatic heterocycles. The van der Waals surface area contributed by atoms with Gasteiger partial charge in [-0.25, -0.2) is 0 Å². The molecular formula is C19H19N3O3. The van der Waals surface area contributed by atoms with E-state index in [1.54, 1.807) is 15.8 Å². The van der Waals surface area contributed by atoms with Crippen LogP contribution >= 0.6 is 0 Å². The molecule has 2 bridgehead atoms. The molecule has 6 heteroatoms. The number of pyridine rings is 1. The molecule has 2 atom stereocenters. The van der Waals surface area contributed by atoms with E-state index in [1.807, 2.05) is 48.3 Å². The smallest absolute Gasteiger partial charge is 0.278 e. The number of hydrogen-bond donors (Lipinski definition) is 1. The molecule has 1 amide bonds. The zero-order valence-corrected chi connectivity index (χ0v) is 13.9. The van der Waals surface area contributed by atoms with Crippen molar-refractivity contribution < 1.29 is 9.90 Å². The second-order valence-corrected chi connectivity index (χ2v) is 6.41. The lowest BCUT2D eigenvalue weighted by Crippen LogP contribution is -2.57. The highest BCUT2D eigenvalue weighted by Gasteiger charge is 2.37. The van der Waals surface area contributed by atoms with Gasteiger partial charge in [-0.15, -0.1) is 0 Å². The van der Waals surface area contributed by atoms with Crippen molar-refractivity contribution in [2.75, 3.05) is 11.7 Å². The second-order valence-electron chi connectivity index (χ2n) is 6.41. The van der Waals surface area contributed by atoms with E-state index in [9.17, 15) is 14.7 Å². The van der Waals surface area contributed by atoms with E-state index in [0.717, 1.165) is 12.0 Å². The van der Waals surface area contributed by atoms with Gasteiger partial charge in [0.05, 0.1) is 6.04 Å². The van der Waals surface area contributed by atoms with E-state index in [0.29, 0.717) is 6.67 Å². The highest BCUT2D eigenvalue weighted by molar-refractivity contribution is 5.96. The molecule has 2 aliphatic rings. The average Bonchev–Trinajstić information content (AvgIpc) is 2.61. The van der Waals surface area contributed by atoms with Crippen LogP contribution in [0.1, 0.15) is 35.4 Å². The van der Waals surface area contributed by atoms with Crippen molar-refractivity contribution in [1.82, 2.24) is 9.58 Å². The lowest BCUT2D eigenvalue weighted by molar-refractivity contribution is 0.0633. The first-order valence-corrected chi connectivity index (χ1v) is 8.32. The monoisotopic (exact) mass is 337 g/mol. The highest BCUT2D eigenvalue weighted by atomic mass is 16.3. The number of carbonyl (C=O) groups excluding carboxylic acids is 1. The van der Waals surface area contributed by atoms with Crippen LogP contribution in [0.15, 0.2) is 59.5 Å². The third-order valence-electron chi connectivity index (χ3n) is 4.90. The molecular weight excluding hydrogens is 318 g/mol. The van der Waals surface area contributed by atoms with Gasteiger partial charge in [-0.3, -0.25) is 19.3 Å². The number of aromatic nitrogens is 1. The maximum atomic E-state index is 12.9. The number of nitrogens with zero attached hydrogens (tertiary/aromatic N) is 3. The summed E-state index contributed by atoms with van der Waals surface area (Å²) in [5.41, 5.74) is 0.597. The van der Waals surface area contributed by atoms with Crippen LogP contribution in [0.4, 0.5) is 0 Å². The quantitative estimate of drug-likeness (QED) is 0.808. The first kappa shape index (κ1) is 15.5. The molecule has 0 saturated heterocycles. The van der Waals surface area contributed by atoms with Gasteiger partial charge in [0.15, 0.2) is 11.4 Å². The van der Waals surface area contributed by atoms with E-state index < -0.39 is 11.2 Å². The van der Waals surface area contributed by atoms with Crippen molar-refractivity contribution >= 4 is 5.91 Å². The predicted octanol–water partition coefficient (Wildman–Crippen LogP) is 1.99. The second kappa shape index (κ2) is 5.81. The Kier molecular flexibility index (Phi) is 3.60. The average molecular weight is 337 g/mol. The van der Waals surface area contributed by atoms with Crippen LogP contribution in [0.3, 0.4) is 0 Å². The summed E-state index contributed by atoms with van der Waals surface area (Å²) in [5.74, 6) is -0.830. The molecule has 2 unspecified atom stereocenters. The summed E-state index contributed by atoms with van der Waals surface area (Å²) in [7, 11) is 0. The summed E-state index contributed by atoms with van der Waals surface area (Å²) in [4.78, 5) is 26.4. The Bertz CT molecular complexity index is 904. The van der Waals surface area contributed by atoms with E-state index >= 15 is 0 Å². The van der Waals surface area contributed by atoms with Crippen molar-refractivity contribution in [2.45, 2.75) is 25.4 Å². The molecule has 0 saturated carbocycles. The van der Waals surface area contributed by atoms with Gasteiger partial charge in [-0.05, 0) is 18.9 Å². The van der Waals surface area contributed by atoms with Crippen LogP contribution in [0.2, 0.25) is 0 Å². The molecule has 128 valence electrons. The summed E-state index contributed by atoms with van der Waals surface area (Å²) in [5, 5.41) is 12.3. The van der Waals surface area contributed by atoms with Crippen molar-refractivity contribution in [3.63, 3.8) is 0 Å². The Labute approximate surface area is 145 Å². The minimum Gasteiger partial charge on any atom is -0.502 e. The Morgan fingerprint density at radius 3 is 2.64 bits per heavy atom. The summed E-state index contributed by atoms with van der Waals surface area (Å²) in [6.45, 7) is 2.32. The number of rotatable bonds is 1. The maximum absolute atomic E-state index is 12.9. The fourth-order valence-electron chi connectivity index (χ4n) is 3.53. The Balaban J connectivity index is 1.93. The molecule has 0 fully saturated rings. The van der Waals surface area contributed by atoms with Crippen LogP contribution in [0, 0.1) is 0 Å². The molecule has 6 nitrogen and oxygen atoms in total. The third kappa shape index (κ3) is 2.41. The van der Waals surface area contributed by atoms with Crippen molar-refractivity contribution in [2.24, 2.45) is 0 Å². The number of carbonyl (C=O) groups is 1. The fourth-order valence-corrected chi connectivity index (χ4v) is 3.53. The molecule has 25 heavy (non-hydrogen) atoms. The lowest BCUT2D eigenvalue weighted by atomic mass is 10.0. The summed E-state index contributed by atoms with van der Waals surface area (Å²) < 4.78 is 1.62. The normalized spacial score (nSPS) is 23.6. The van der Waals surface area contributed by atoms with Crippen LogP contribution in [0.5, 0.6) is 5.75 Å². The highest BCUT2D eigenvalue weighted by Crippen LogP contribution is 2.31.